The van der Waals surface area contributed by atoms with Gasteiger partial charge in [0.05, 0.1) is 0 Å². The number of para-hydroxylation sites is 1. The number of carboxylic acids is 1. The van der Waals surface area contributed by atoms with E-state index in [9.17, 15) is 9.90 Å². The van der Waals surface area contributed by atoms with Gasteiger partial charge in [-0.25, -0.2) is 9.78 Å². The summed E-state index contributed by atoms with van der Waals surface area (Å²) in [5.41, 5.74) is 4.38. The Labute approximate surface area is 231 Å². The molecule has 0 aliphatic carbocycles. The van der Waals surface area contributed by atoms with Crippen LogP contribution in [0.1, 0.15) is 16.8 Å². The number of aromatic amines is 1. The van der Waals surface area contributed by atoms with Gasteiger partial charge in [-0.2, -0.15) is 0 Å². The first-order valence-electron chi connectivity index (χ1n) is 11.1. The Kier molecular flexibility index (Phi) is 7.31. The molecule has 2 N–H and O–H groups in total. The van der Waals surface area contributed by atoms with Crippen LogP contribution < -0.4 is 0 Å². The molecule has 5 aromatic rings. The second kappa shape index (κ2) is 10.6. The molecule has 0 aliphatic heterocycles. The summed E-state index contributed by atoms with van der Waals surface area (Å²) in [6.07, 6.45) is 1.67. The molecule has 0 fully saturated rings. The third-order valence-corrected chi connectivity index (χ3v) is 7.61. The number of nitrogens with zero attached hydrogens (tertiary/aromatic N) is 3. The van der Waals surface area contributed by atoms with Crippen molar-refractivity contribution in [2.24, 2.45) is 0 Å². The molecule has 3 aromatic carbocycles. The van der Waals surface area contributed by atoms with Crippen molar-refractivity contribution in [1.29, 1.82) is 0 Å². The highest BCUT2D eigenvalue weighted by Gasteiger charge is 2.19. The zero-order valence-electron chi connectivity index (χ0n) is 19.4. The minimum Gasteiger partial charge on any atom is -0.477 e. The fraction of sp³-hybridized carbons (Fsp3) is 0.0741. The molecule has 2 aromatic heterocycles. The number of benzene rings is 3. The number of carboxylic acid groups (broad SMARTS) is 1. The Hall–Kier alpha value is -3.23. The normalized spacial score (nSPS) is 11.8. The molecule has 0 amide bonds. The fourth-order valence-electron chi connectivity index (χ4n) is 4.06. The molecular formula is C27H19Cl3N4O2S. The van der Waals surface area contributed by atoms with Gasteiger partial charge < -0.3 is 9.67 Å². The standard InChI is InChI=1S/C27H19Cl3N4O2S/c1-15-21(20-4-2-3-5-23(20)34(15)14-17-8-11-19(29)12-22(17)30)13-24(26(35)36)37-27-31-25(32-33-27)16-6-9-18(28)10-7-16/h2-13H,14H2,1H3,(H,35,36)(H,31,32,33)/b24-13-. The first-order chi connectivity index (χ1) is 17.8. The molecule has 5 rings (SSSR count). The van der Waals surface area contributed by atoms with Crippen molar-refractivity contribution < 1.29 is 9.90 Å². The van der Waals surface area contributed by atoms with Crippen LogP contribution in [0.25, 0.3) is 28.4 Å². The zero-order chi connectivity index (χ0) is 26.1. The maximum absolute atomic E-state index is 12.2. The number of nitrogens with one attached hydrogen (secondary N) is 1. The molecule has 0 atom stereocenters. The van der Waals surface area contributed by atoms with Crippen LogP contribution in [0.3, 0.4) is 0 Å². The molecule has 10 heteroatoms. The SMILES string of the molecule is Cc1c(/C=C(\Sc2n[nH]c(-c3ccc(Cl)cc3)n2)C(=O)O)c2ccccc2n1Cc1ccc(Cl)cc1Cl. The Bertz CT molecular complexity index is 1660. The van der Waals surface area contributed by atoms with Crippen LogP contribution in [0.4, 0.5) is 0 Å². The highest BCUT2D eigenvalue weighted by molar-refractivity contribution is 8.04. The molecule has 0 aliphatic rings. The smallest absolute Gasteiger partial charge is 0.342 e. The number of hydrogen-bond donors (Lipinski definition) is 2. The minimum atomic E-state index is -1.07. The van der Waals surface area contributed by atoms with Gasteiger partial charge in [-0.05, 0) is 72.8 Å². The molecule has 0 radical (unpaired) electrons. The molecule has 2 heterocycles. The van der Waals surface area contributed by atoms with Crippen molar-refractivity contribution >= 4 is 69.5 Å². The van der Waals surface area contributed by atoms with Crippen molar-refractivity contribution in [3.8, 4) is 11.4 Å². The van der Waals surface area contributed by atoms with Crippen LogP contribution in [0.15, 0.2) is 76.8 Å². The van der Waals surface area contributed by atoms with Crippen molar-refractivity contribution in [2.75, 3.05) is 0 Å². The highest BCUT2D eigenvalue weighted by atomic mass is 35.5. The summed E-state index contributed by atoms with van der Waals surface area (Å²) in [7, 11) is 0. The van der Waals surface area contributed by atoms with Gasteiger partial charge in [0.2, 0.25) is 5.16 Å². The summed E-state index contributed by atoms with van der Waals surface area (Å²) in [6.45, 7) is 2.47. The lowest BCUT2D eigenvalue weighted by Gasteiger charge is -2.11. The molecule has 0 bridgehead atoms. The van der Waals surface area contributed by atoms with Crippen LogP contribution >= 0.6 is 46.6 Å². The number of aromatic nitrogens is 4. The van der Waals surface area contributed by atoms with E-state index >= 15 is 0 Å². The van der Waals surface area contributed by atoms with Crippen molar-refractivity contribution in [3.05, 3.63) is 104 Å². The summed E-state index contributed by atoms with van der Waals surface area (Å²) in [5.74, 6) is -0.545. The molecule has 37 heavy (non-hydrogen) atoms. The first kappa shape index (κ1) is 25.4. The van der Waals surface area contributed by atoms with E-state index in [0.717, 1.165) is 45.0 Å². The minimum absolute atomic E-state index is 0.0946. The molecule has 0 unspecified atom stereocenters. The van der Waals surface area contributed by atoms with E-state index in [0.29, 0.717) is 32.6 Å². The van der Waals surface area contributed by atoms with Crippen LogP contribution in [0.5, 0.6) is 0 Å². The number of rotatable bonds is 7. The van der Waals surface area contributed by atoms with Gasteiger partial charge in [0.25, 0.3) is 0 Å². The zero-order valence-corrected chi connectivity index (χ0v) is 22.5. The number of hydrogen-bond acceptors (Lipinski definition) is 4. The molecule has 6 nitrogen and oxygen atoms in total. The second-order valence-electron chi connectivity index (χ2n) is 8.23. The Balaban J connectivity index is 1.52. The monoisotopic (exact) mass is 568 g/mol. The van der Waals surface area contributed by atoms with E-state index in [4.69, 9.17) is 34.8 Å². The quantitative estimate of drug-likeness (QED) is 0.153. The second-order valence-corrected chi connectivity index (χ2v) is 10.5. The highest BCUT2D eigenvalue weighted by Crippen LogP contribution is 2.34. The number of aliphatic carboxylic acids is 1. The average molecular weight is 570 g/mol. The van der Waals surface area contributed by atoms with Crippen LogP contribution in [-0.2, 0) is 11.3 Å². The van der Waals surface area contributed by atoms with Crippen LogP contribution in [-0.4, -0.2) is 30.8 Å². The van der Waals surface area contributed by atoms with Crippen LogP contribution in [0.2, 0.25) is 15.1 Å². The van der Waals surface area contributed by atoms with Gasteiger partial charge in [0, 0.05) is 49.3 Å². The van der Waals surface area contributed by atoms with Crippen molar-refractivity contribution in [2.45, 2.75) is 18.6 Å². The predicted molar refractivity (Wildman–Crippen MR) is 151 cm³/mol. The van der Waals surface area contributed by atoms with Gasteiger partial charge in [0.1, 0.15) is 4.91 Å². The largest absolute Gasteiger partial charge is 0.477 e. The van der Waals surface area contributed by atoms with E-state index in [1.54, 1.807) is 30.3 Å². The molecular weight excluding hydrogens is 551 g/mol. The molecule has 0 saturated heterocycles. The van der Waals surface area contributed by atoms with Crippen molar-refractivity contribution in [1.82, 2.24) is 19.7 Å². The third kappa shape index (κ3) is 5.40. The van der Waals surface area contributed by atoms with E-state index in [1.165, 1.54) is 0 Å². The average Bonchev–Trinajstić information content (AvgIpc) is 3.44. The maximum Gasteiger partial charge on any atom is 0.342 e. The van der Waals surface area contributed by atoms with E-state index in [1.807, 2.05) is 49.4 Å². The Morgan fingerprint density at radius 2 is 1.78 bits per heavy atom. The fourth-order valence-corrected chi connectivity index (χ4v) is 5.34. The van der Waals surface area contributed by atoms with Gasteiger partial charge in [-0.1, -0.05) is 59.1 Å². The predicted octanol–water partition coefficient (Wildman–Crippen LogP) is 7.96. The van der Waals surface area contributed by atoms with Gasteiger partial charge in [0.15, 0.2) is 5.82 Å². The maximum atomic E-state index is 12.2. The number of H-pyrrole nitrogens is 1. The topological polar surface area (TPSA) is 83.8 Å². The lowest BCUT2D eigenvalue weighted by Crippen LogP contribution is -2.03. The lowest BCUT2D eigenvalue weighted by molar-refractivity contribution is -0.131. The van der Waals surface area contributed by atoms with Crippen molar-refractivity contribution in [3.63, 3.8) is 0 Å². The molecule has 186 valence electrons. The van der Waals surface area contributed by atoms with Gasteiger partial charge >= 0.3 is 5.97 Å². The molecule has 0 saturated carbocycles. The Morgan fingerprint density at radius 3 is 2.51 bits per heavy atom. The number of fused-ring (bicyclic) bond motifs is 1. The third-order valence-electron chi connectivity index (χ3n) is 5.89. The number of carbonyl (C=O) groups is 1. The van der Waals surface area contributed by atoms with Gasteiger partial charge in [-0.15, -0.1) is 5.10 Å². The summed E-state index contributed by atoms with van der Waals surface area (Å²) in [5, 5.41) is 20.1. The molecule has 0 spiro atoms. The summed E-state index contributed by atoms with van der Waals surface area (Å²) >= 11 is 19.5. The summed E-state index contributed by atoms with van der Waals surface area (Å²) < 4.78 is 2.12. The summed E-state index contributed by atoms with van der Waals surface area (Å²) in [6, 6.07) is 20.4. The summed E-state index contributed by atoms with van der Waals surface area (Å²) in [4.78, 5) is 16.8. The number of halogens is 3. The lowest BCUT2D eigenvalue weighted by atomic mass is 10.1. The Morgan fingerprint density at radius 1 is 1.05 bits per heavy atom. The number of thioether (sulfide) groups is 1. The van der Waals surface area contributed by atoms with E-state index < -0.39 is 5.97 Å². The van der Waals surface area contributed by atoms with Crippen LogP contribution in [0, 0.1) is 6.92 Å². The van der Waals surface area contributed by atoms with E-state index in [2.05, 4.69) is 19.7 Å². The first-order valence-corrected chi connectivity index (χ1v) is 13.1. The van der Waals surface area contributed by atoms with Gasteiger partial charge in [-0.3, -0.25) is 5.10 Å². The van der Waals surface area contributed by atoms with E-state index in [-0.39, 0.29) is 4.91 Å².